The molecule has 0 unspecified atom stereocenters. The SMILES string of the molecule is C[C@H](Oc1c(Br)c(C2CC2)cc2c(N3CCCCC3)nc(OC3CCOCC3)nc12)c1ccccc1. The second-order valence-electron chi connectivity index (χ2n) is 10.3. The number of benzene rings is 2. The molecule has 1 atom stereocenters. The molecule has 3 aromatic rings. The highest BCUT2D eigenvalue weighted by atomic mass is 79.9. The van der Waals surface area contributed by atoms with Gasteiger partial charge in [0.25, 0.3) is 0 Å². The summed E-state index contributed by atoms with van der Waals surface area (Å²) in [6, 6.07) is 13.1. The summed E-state index contributed by atoms with van der Waals surface area (Å²) in [4.78, 5) is 12.4. The maximum atomic E-state index is 6.72. The van der Waals surface area contributed by atoms with Crippen molar-refractivity contribution in [3.8, 4) is 11.8 Å². The van der Waals surface area contributed by atoms with Crippen molar-refractivity contribution in [1.29, 1.82) is 0 Å². The summed E-state index contributed by atoms with van der Waals surface area (Å²) in [5.74, 6) is 2.34. The smallest absolute Gasteiger partial charge is 0.319 e. The van der Waals surface area contributed by atoms with Crippen molar-refractivity contribution < 1.29 is 14.2 Å². The van der Waals surface area contributed by atoms with Crippen LogP contribution in [0.5, 0.6) is 11.8 Å². The largest absolute Gasteiger partial charge is 0.483 e. The van der Waals surface area contributed by atoms with Crippen molar-refractivity contribution in [2.24, 2.45) is 0 Å². The first-order valence-electron chi connectivity index (χ1n) is 13.4. The maximum absolute atomic E-state index is 6.72. The molecule has 1 aliphatic carbocycles. The highest BCUT2D eigenvalue weighted by molar-refractivity contribution is 9.10. The second kappa shape index (κ2) is 10.5. The molecule has 0 bridgehead atoms. The topological polar surface area (TPSA) is 56.7 Å². The molecule has 1 aromatic heterocycles. The summed E-state index contributed by atoms with van der Waals surface area (Å²) in [5.41, 5.74) is 3.27. The molecule has 1 saturated carbocycles. The molecule has 36 heavy (non-hydrogen) atoms. The van der Waals surface area contributed by atoms with Crippen LogP contribution in [-0.4, -0.2) is 42.4 Å². The minimum atomic E-state index is -0.117. The molecule has 0 N–H and O–H groups in total. The van der Waals surface area contributed by atoms with Crippen molar-refractivity contribution in [3.63, 3.8) is 0 Å². The fourth-order valence-corrected chi connectivity index (χ4v) is 6.03. The van der Waals surface area contributed by atoms with Crippen molar-refractivity contribution >= 4 is 32.7 Å². The van der Waals surface area contributed by atoms with Crippen LogP contribution >= 0.6 is 15.9 Å². The van der Waals surface area contributed by atoms with Crippen molar-refractivity contribution in [1.82, 2.24) is 9.97 Å². The van der Waals surface area contributed by atoms with Crippen molar-refractivity contribution in [3.05, 3.63) is 52.0 Å². The number of hydrogen-bond donors (Lipinski definition) is 0. The molecule has 2 aliphatic heterocycles. The molecule has 3 heterocycles. The monoisotopic (exact) mass is 551 g/mol. The van der Waals surface area contributed by atoms with Gasteiger partial charge in [-0.05, 0) is 78.1 Å². The molecular formula is C29H34BrN3O3. The minimum absolute atomic E-state index is 0.0761. The normalized spacial score (nSPS) is 19.9. The van der Waals surface area contributed by atoms with E-state index < -0.39 is 0 Å². The molecule has 0 radical (unpaired) electrons. The average Bonchev–Trinajstić information content (AvgIpc) is 3.77. The Morgan fingerprint density at radius 3 is 2.47 bits per heavy atom. The van der Waals surface area contributed by atoms with Crippen LogP contribution in [0.15, 0.2) is 40.9 Å². The Morgan fingerprint density at radius 1 is 1.00 bits per heavy atom. The van der Waals surface area contributed by atoms with E-state index in [1.807, 2.05) is 6.07 Å². The minimum Gasteiger partial charge on any atom is -0.483 e. The Kier molecular flexibility index (Phi) is 7.02. The van der Waals surface area contributed by atoms with Gasteiger partial charge in [0.05, 0.1) is 17.7 Å². The Morgan fingerprint density at radius 2 is 1.75 bits per heavy atom. The Hall–Kier alpha value is -2.38. The van der Waals surface area contributed by atoms with Crippen LogP contribution in [0.2, 0.25) is 0 Å². The molecule has 6 rings (SSSR count). The summed E-state index contributed by atoms with van der Waals surface area (Å²) in [6.45, 7) is 5.55. The zero-order chi connectivity index (χ0) is 24.5. The molecule has 3 fully saturated rings. The highest BCUT2D eigenvalue weighted by Gasteiger charge is 2.31. The van der Waals surface area contributed by atoms with Gasteiger partial charge in [-0.1, -0.05) is 30.3 Å². The van der Waals surface area contributed by atoms with E-state index >= 15 is 0 Å². The standard InChI is InChI=1S/C29H34BrN3O3/c1-19(20-8-4-2-5-9-20)35-27-25(30)23(21-10-11-21)18-24-26(27)31-29(36-22-12-16-34-17-13-22)32-28(24)33-14-6-3-7-15-33/h2,4-5,8-9,18-19,21-22H,3,6-7,10-17H2,1H3/t19-/m0/s1. The molecule has 190 valence electrons. The average molecular weight is 553 g/mol. The number of nitrogens with zero attached hydrogens (tertiary/aromatic N) is 3. The third-order valence-electron chi connectivity index (χ3n) is 7.55. The number of fused-ring (bicyclic) bond motifs is 1. The lowest BCUT2D eigenvalue weighted by molar-refractivity contribution is 0.0219. The Labute approximate surface area is 221 Å². The van der Waals surface area contributed by atoms with Crippen molar-refractivity contribution in [2.45, 2.75) is 70.0 Å². The lowest BCUT2D eigenvalue weighted by atomic mass is 10.0. The number of hydrogen-bond acceptors (Lipinski definition) is 6. The molecule has 2 aromatic carbocycles. The Balaban J connectivity index is 1.48. The van der Waals surface area contributed by atoms with Gasteiger partial charge in [-0.25, -0.2) is 0 Å². The third-order valence-corrected chi connectivity index (χ3v) is 8.37. The zero-order valence-corrected chi connectivity index (χ0v) is 22.5. The van der Waals surface area contributed by atoms with Crippen LogP contribution in [-0.2, 0) is 4.74 Å². The first kappa shape index (κ1) is 24.0. The molecule has 2 saturated heterocycles. The van der Waals surface area contributed by atoms with Crippen LogP contribution in [0.3, 0.4) is 0 Å². The highest BCUT2D eigenvalue weighted by Crippen LogP contribution is 2.50. The van der Waals surface area contributed by atoms with Gasteiger partial charge in [0.2, 0.25) is 0 Å². The molecule has 7 heteroatoms. The number of ether oxygens (including phenoxy) is 3. The molecular weight excluding hydrogens is 518 g/mol. The number of anilines is 1. The summed E-state index contributed by atoms with van der Waals surface area (Å²) in [6.07, 6.45) is 7.74. The van der Waals surface area contributed by atoms with Crippen LogP contribution in [0.4, 0.5) is 5.82 Å². The van der Waals surface area contributed by atoms with Gasteiger partial charge in [0.15, 0.2) is 5.75 Å². The lowest BCUT2D eigenvalue weighted by Crippen LogP contribution is -2.31. The Bertz CT molecular complexity index is 1210. The van der Waals surface area contributed by atoms with Gasteiger partial charge < -0.3 is 19.1 Å². The summed E-state index contributed by atoms with van der Waals surface area (Å²) >= 11 is 3.93. The van der Waals surface area contributed by atoms with Crippen LogP contribution < -0.4 is 14.4 Å². The van der Waals surface area contributed by atoms with E-state index in [1.54, 1.807) is 0 Å². The van der Waals surface area contributed by atoms with Crippen LogP contribution in [0.1, 0.15) is 75.0 Å². The summed E-state index contributed by atoms with van der Waals surface area (Å²) in [7, 11) is 0. The van der Waals surface area contributed by atoms with Gasteiger partial charge in [-0.2, -0.15) is 9.97 Å². The fourth-order valence-electron chi connectivity index (χ4n) is 5.31. The van der Waals surface area contributed by atoms with E-state index in [1.165, 1.54) is 37.7 Å². The van der Waals surface area contributed by atoms with E-state index in [-0.39, 0.29) is 12.2 Å². The fraction of sp³-hybridized carbons (Fsp3) is 0.517. The van der Waals surface area contributed by atoms with E-state index in [2.05, 4.69) is 58.1 Å². The predicted octanol–water partition coefficient (Wildman–Crippen LogP) is 6.96. The third kappa shape index (κ3) is 5.05. The second-order valence-corrected chi connectivity index (χ2v) is 11.1. The quantitative estimate of drug-likeness (QED) is 0.316. The van der Waals surface area contributed by atoms with Crippen molar-refractivity contribution in [2.75, 3.05) is 31.2 Å². The predicted molar refractivity (Wildman–Crippen MR) is 145 cm³/mol. The summed E-state index contributed by atoms with van der Waals surface area (Å²) in [5, 5.41) is 1.07. The maximum Gasteiger partial charge on any atom is 0.319 e. The molecule has 0 amide bonds. The zero-order valence-electron chi connectivity index (χ0n) is 20.9. The lowest BCUT2D eigenvalue weighted by Gasteiger charge is -2.30. The molecule has 3 aliphatic rings. The molecule has 0 spiro atoms. The first-order chi connectivity index (χ1) is 17.7. The van der Waals surface area contributed by atoms with Crippen LogP contribution in [0, 0.1) is 0 Å². The summed E-state index contributed by atoms with van der Waals surface area (Å²) < 4.78 is 19.6. The number of piperidine rings is 1. The van der Waals surface area contributed by atoms with E-state index in [4.69, 9.17) is 24.2 Å². The van der Waals surface area contributed by atoms with E-state index in [9.17, 15) is 0 Å². The van der Waals surface area contributed by atoms with Gasteiger partial charge in [0, 0.05) is 31.3 Å². The van der Waals surface area contributed by atoms with E-state index in [0.717, 1.165) is 71.7 Å². The van der Waals surface area contributed by atoms with Gasteiger partial charge >= 0.3 is 6.01 Å². The first-order valence-corrected chi connectivity index (χ1v) is 14.2. The van der Waals surface area contributed by atoms with Gasteiger partial charge in [-0.15, -0.1) is 0 Å². The molecule has 6 nitrogen and oxygen atoms in total. The van der Waals surface area contributed by atoms with Crippen LogP contribution in [0.25, 0.3) is 10.9 Å². The number of rotatable bonds is 7. The number of halogens is 1. The van der Waals surface area contributed by atoms with Gasteiger partial charge in [0.1, 0.15) is 23.5 Å². The van der Waals surface area contributed by atoms with E-state index in [0.29, 0.717) is 11.9 Å². The number of aromatic nitrogens is 2. The van der Waals surface area contributed by atoms with Gasteiger partial charge in [-0.3, -0.25) is 0 Å².